The first-order valence-electron chi connectivity index (χ1n) is 9.33. The van der Waals surface area contributed by atoms with E-state index in [2.05, 4.69) is 19.8 Å². The van der Waals surface area contributed by atoms with Crippen molar-refractivity contribution in [1.82, 2.24) is 15.1 Å². The lowest BCUT2D eigenvalue weighted by Crippen LogP contribution is -2.15. The summed E-state index contributed by atoms with van der Waals surface area (Å²) in [4.78, 5) is 8.70. The smallest absolute Gasteiger partial charge is 0.262 e. The van der Waals surface area contributed by atoms with E-state index in [9.17, 15) is 8.42 Å². The van der Waals surface area contributed by atoms with E-state index in [-0.39, 0.29) is 4.90 Å². The van der Waals surface area contributed by atoms with Gasteiger partial charge in [-0.1, -0.05) is 41.1 Å². The topological polar surface area (TPSA) is 98.0 Å². The summed E-state index contributed by atoms with van der Waals surface area (Å²) in [5.41, 5.74) is 3.65. The van der Waals surface area contributed by atoms with Crippen LogP contribution in [0.3, 0.4) is 0 Å². The van der Waals surface area contributed by atoms with Gasteiger partial charge in [0.05, 0.1) is 17.0 Å². The first-order chi connectivity index (χ1) is 14.4. The lowest BCUT2D eigenvalue weighted by molar-refractivity contribution is 0.386. The zero-order chi connectivity index (χ0) is 21.1. The van der Waals surface area contributed by atoms with Gasteiger partial charge in [0.1, 0.15) is 0 Å². The molecule has 0 fully saturated rings. The van der Waals surface area contributed by atoms with E-state index < -0.39 is 10.0 Å². The molecule has 2 aromatic carbocycles. The molecule has 0 radical (unpaired) electrons. The van der Waals surface area contributed by atoms with Crippen LogP contribution in [0.1, 0.15) is 22.6 Å². The second-order valence-corrected chi connectivity index (χ2v) is 8.61. The third-order valence-corrected chi connectivity index (χ3v) is 6.14. The summed E-state index contributed by atoms with van der Waals surface area (Å²) in [6.07, 6.45) is 3.61. The molecule has 0 unspecified atom stereocenters. The van der Waals surface area contributed by atoms with Gasteiger partial charge in [0.2, 0.25) is 11.7 Å². The number of hydrogen-bond donors (Lipinski definition) is 1. The van der Waals surface area contributed by atoms with Gasteiger partial charge in [-0.2, -0.15) is 4.98 Å². The molecule has 1 N–H and O–H groups in total. The Labute approximate surface area is 174 Å². The van der Waals surface area contributed by atoms with Crippen molar-refractivity contribution in [2.24, 2.45) is 0 Å². The van der Waals surface area contributed by atoms with E-state index in [0.717, 1.165) is 16.7 Å². The van der Waals surface area contributed by atoms with Crippen LogP contribution >= 0.6 is 0 Å². The monoisotopic (exact) mass is 420 g/mol. The Morgan fingerprint density at radius 2 is 1.87 bits per heavy atom. The Morgan fingerprint density at radius 3 is 2.63 bits per heavy atom. The van der Waals surface area contributed by atoms with Crippen molar-refractivity contribution in [3.63, 3.8) is 0 Å². The van der Waals surface area contributed by atoms with Crippen molar-refractivity contribution < 1.29 is 12.9 Å². The largest absolute Gasteiger partial charge is 0.339 e. The summed E-state index contributed by atoms with van der Waals surface area (Å²) in [6, 6.07) is 16.0. The number of aryl methyl sites for hydroxylation is 2. The fraction of sp³-hybridized carbons (Fsp3) is 0.136. The highest BCUT2D eigenvalue weighted by atomic mass is 32.2. The van der Waals surface area contributed by atoms with Crippen molar-refractivity contribution in [1.29, 1.82) is 0 Å². The molecule has 0 aliphatic heterocycles. The van der Waals surface area contributed by atoms with Crippen LogP contribution in [-0.4, -0.2) is 23.5 Å². The SMILES string of the molecule is Cc1ccc(S(=O)(=O)Nc2ccccc2Cc2nc(-c3cccnc3)no2)c(C)c1. The van der Waals surface area contributed by atoms with E-state index in [1.807, 2.05) is 31.2 Å². The summed E-state index contributed by atoms with van der Waals surface area (Å²) in [5, 5.41) is 3.99. The molecule has 4 rings (SSSR count). The fourth-order valence-electron chi connectivity index (χ4n) is 3.18. The van der Waals surface area contributed by atoms with Gasteiger partial charge in [-0.3, -0.25) is 9.71 Å². The van der Waals surface area contributed by atoms with Gasteiger partial charge in [-0.25, -0.2) is 8.42 Å². The number of rotatable bonds is 6. The Balaban J connectivity index is 1.60. The van der Waals surface area contributed by atoms with Crippen LogP contribution in [0, 0.1) is 13.8 Å². The number of hydrogen-bond acceptors (Lipinski definition) is 6. The molecule has 4 aromatic rings. The highest BCUT2D eigenvalue weighted by Gasteiger charge is 2.19. The number of para-hydroxylation sites is 1. The number of anilines is 1. The van der Waals surface area contributed by atoms with Gasteiger partial charge >= 0.3 is 0 Å². The summed E-state index contributed by atoms with van der Waals surface area (Å²) >= 11 is 0. The Morgan fingerprint density at radius 1 is 1.03 bits per heavy atom. The summed E-state index contributed by atoms with van der Waals surface area (Å²) < 4.78 is 34.0. The number of nitrogens with zero attached hydrogens (tertiary/aromatic N) is 3. The maximum absolute atomic E-state index is 13.0. The Bertz CT molecular complexity index is 1280. The molecular weight excluding hydrogens is 400 g/mol. The molecule has 30 heavy (non-hydrogen) atoms. The number of sulfonamides is 1. The highest BCUT2D eigenvalue weighted by Crippen LogP contribution is 2.25. The summed E-state index contributed by atoms with van der Waals surface area (Å²) in [5.74, 6) is 0.818. The number of nitrogens with one attached hydrogen (secondary N) is 1. The molecule has 0 saturated heterocycles. The third-order valence-electron chi connectivity index (χ3n) is 4.61. The molecule has 0 spiro atoms. The normalized spacial score (nSPS) is 11.4. The number of aromatic nitrogens is 3. The minimum absolute atomic E-state index is 0.250. The number of pyridine rings is 1. The van der Waals surface area contributed by atoms with E-state index in [1.165, 1.54) is 0 Å². The Kier molecular flexibility index (Phi) is 5.33. The molecular formula is C22H20N4O3S. The zero-order valence-corrected chi connectivity index (χ0v) is 17.3. The summed E-state index contributed by atoms with van der Waals surface area (Å²) in [6.45, 7) is 3.71. The minimum Gasteiger partial charge on any atom is -0.339 e. The summed E-state index contributed by atoms with van der Waals surface area (Å²) in [7, 11) is -3.74. The lowest BCUT2D eigenvalue weighted by atomic mass is 10.1. The maximum Gasteiger partial charge on any atom is 0.262 e. The van der Waals surface area contributed by atoms with Crippen molar-refractivity contribution in [3.05, 3.63) is 89.6 Å². The van der Waals surface area contributed by atoms with Gasteiger partial charge in [0, 0.05) is 18.0 Å². The number of benzene rings is 2. The van der Waals surface area contributed by atoms with Gasteiger partial charge in [-0.15, -0.1) is 0 Å². The van der Waals surface area contributed by atoms with E-state index in [1.54, 1.807) is 49.6 Å². The molecule has 2 heterocycles. The lowest BCUT2D eigenvalue weighted by Gasteiger charge is -2.13. The average molecular weight is 420 g/mol. The van der Waals surface area contributed by atoms with Gasteiger partial charge in [0.15, 0.2) is 0 Å². The van der Waals surface area contributed by atoms with Crippen molar-refractivity contribution >= 4 is 15.7 Å². The van der Waals surface area contributed by atoms with Gasteiger partial charge < -0.3 is 4.52 Å². The van der Waals surface area contributed by atoms with Crippen molar-refractivity contribution in [3.8, 4) is 11.4 Å². The first-order valence-corrected chi connectivity index (χ1v) is 10.8. The van der Waals surface area contributed by atoms with Crippen LogP contribution in [0.4, 0.5) is 5.69 Å². The quantitative estimate of drug-likeness (QED) is 0.503. The molecule has 8 heteroatoms. The van der Waals surface area contributed by atoms with E-state index in [4.69, 9.17) is 4.52 Å². The zero-order valence-electron chi connectivity index (χ0n) is 16.5. The molecule has 0 aliphatic carbocycles. The van der Waals surface area contributed by atoms with Crippen LogP contribution in [0.25, 0.3) is 11.4 Å². The first kappa shape index (κ1) is 19.8. The van der Waals surface area contributed by atoms with Crippen LogP contribution < -0.4 is 4.72 Å². The molecule has 0 bridgehead atoms. The van der Waals surface area contributed by atoms with Crippen LogP contribution in [-0.2, 0) is 16.4 Å². The molecule has 0 aliphatic rings. The third kappa shape index (κ3) is 4.23. The fourth-order valence-corrected chi connectivity index (χ4v) is 4.51. The van der Waals surface area contributed by atoms with Crippen LogP contribution in [0.5, 0.6) is 0 Å². The molecule has 0 amide bonds. The molecule has 152 valence electrons. The standard InChI is InChI=1S/C22H20N4O3S/c1-15-9-10-20(16(2)12-15)30(27,28)26-19-8-4-3-6-17(19)13-21-24-22(25-29-21)18-7-5-11-23-14-18/h3-12,14,26H,13H2,1-2H3. The van der Waals surface area contributed by atoms with Gasteiger partial charge in [-0.05, 0) is 49.2 Å². The van der Waals surface area contributed by atoms with E-state index >= 15 is 0 Å². The predicted octanol–water partition coefficient (Wildman–Crippen LogP) is 4.14. The van der Waals surface area contributed by atoms with Crippen molar-refractivity contribution in [2.75, 3.05) is 4.72 Å². The molecule has 2 aromatic heterocycles. The molecule has 0 saturated carbocycles. The van der Waals surface area contributed by atoms with Crippen LogP contribution in [0.2, 0.25) is 0 Å². The second-order valence-electron chi connectivity index (χ2n) is 6.96. The van der Waals surface area contributed by atoms with Gasteiger partial charge in [0.25, 0.3) is 10.0 Å². The average Bonchev–Trinajstić information content (AvgIpc) is 3.18. The Hall–Kier alpha value is -3.52. The van der Waals surface area contributed by atoms with Crippen molar-refractivity contribution in [2.45, 2.75) is 25.2 Å². The van der Waals surface area contributed by atoms with E-state index in [0.29, 0.717) is 29.4 Å². The molecule has 0 atom stereocenters. The highest BCUT2D eigenvalue weighted by molar-refractivity contribution is 7.92. The predicted molar refractivity (Wildman–Crippen MR) is 114 cm³/mol. The maximum atomic E-state index is 13.0. The second kappa shape index (κ2) is 8.08. The minimum atomic E-state index is -3.74. The van der Waals surface area contributed by atoms with Crippen LogP contribution in [0.15, 0.2) is 76.4 Å². The molecule has 7 nitrogen and oxygen atoms in total.